The highest BCUT2D eigenvalue weighted by molar-refractivity contribution is 8.26. The van der Waals surface area contributed by atoms with E-state index in [-0.39, 0.29) is 4.32 Å². The number of benzene rings is 1. The Labute approximate surface area is 143 Å². The molecule has 1 aliphatic rings. The van der Waals surface area contributed by atoms with E-state index in [1.54, 1.807) is 24.3 Å². The SMILES string of the molecule is COc1cc(C=C2SC(=S)N(C(C)C(=O)O)C2=O)cc(OC)c1. The number of carbonyl (C=O) groups excluding carboxylic acids is 1. The number of carboxylic acid groups (broad SMARTS) is 1. The lowest BCUT2D eigenvalue weighted by atomic mass is 10.1. The molecule has 0 radical (unpaired) electrons. The molecule has 0 saturated carbocycles. The van der Waals surface area contributed by atoms with E-state index >= 15 is 0 Å². The minimum absolute atomic E-state index is 0.228. The van der Waals surface area contributed by atoms with Crippen LogP contribution in [-0.4, -0.2) is 46.5 Å². The highest BCUT2D eigenvalue weighted by atomic mass is 32.2. The van der Waals surface area contributed by atoms with Crippen molar-refractivity contribution in [2.75, 3.05) is 14.2 Å². The zero-order valence-electron chi connectivity index (χ0n) is 12.7. The maximum absolute atomic E-state index is 12.4. The number of rotatable bonds is 5. The number of carbonyl (C=O) groups is 2. The molecule has 0 spiro atoms. The third-order valence-corrected chi connectivity index (χ3v) is 4.57. The van der Waals surface area contributed by atoms with E-state index in [2.05, 4.69) is 0 Å². The van der Waals surface area contributed by atoms with Gasteiger partial charge in [-0.25, -0.2) is 4.79 Å². The van der Waals surface area contributed by atoms with Crippen LogP contribution >= 0.6 is 24.0 Å². The number of thiocarbonyl (C=S) groups is 1. The molecule has 6 nitrogen and oxygen atoms in total. The molecule has 1 fully saturated rings. The summed E-state index contributed by atoms with van der Waals surface area (Å²) in [5, 5.41) is 9.08. The quantitative estimate of drug-likeness (QED) is 0.643. The molecule has 1 aliphatic heterocycles. The monoisotopic (exact) mass is 353 g/mol. The summed E-state index contributed by atoms with van der Waals surface area (Å²) in [6, 6.07) is 4.20. The summed E-state index contributed by atoms with van der Waals surface area (Å²) in [7, 11) is 3.07. The van der Waals surface area contributed by atoms with Crippen LogP contribution in [0.5, 0.6) is 11.5 Å². The Morgan fingerprint density at radius 2 is 1.87 bits per heavy atom. The summed E-state index contributed by atoms with van der Waals surface area (Å²) in [5.41, 5.74) is 0.699. The van der Waals surface area contributed by atoms with Gasteiger partial charge in [-0.05, 0) is 30.7 Å². The van der Waals surface area contributed by atoms with E-state index in [0.29, 0.717) is 22.0 Å². The maximum Gasteiger partial charge on any atom is 0.326 e. The summed E-state index contributed by atoms with van der Waals surface area (Å²) in [4.78, 5) is 25.0. The first-order valence-electron chi connectivity index (χ1n) is 6.60. The van der Waals surface area contributed by atoms with Crippen LogP contribution in [0.2, 0.25) is 0 Å². The van der Waals surface area contributed by atoms with E-state index in [4.69, 9.17) is 26.8 Å². The van der Waals surface area contributed by atoms with Crippen molar-refractivity contribution in [3.8, 4) is 11.5 Å². The van der Waals surface area contributed by atoms with Crippen LogP contribution in [0.3, 0.4) is 0 Å². The van der Waals surface area contributed by atoms with Crippen LogP contribution in [0, 0.1) is 0 Å². The van der Waals surface area contributed by atoms with Gasteiger partial charge in [0.2, 0.25) is 0 Å². The summed E-state index contributed by atoms with van der Waals surface area (Å²) >= 11 is 6.19. The van der Waals surface area contributed by atoms with E-state index in [9.17, 15) is 9.59 Å². The largest absolute Gasteiger partial charge is 0.497 e. The van der Waals surface area contributed by atoms with Crippen LogP contribution in [0.1, 0.15) is 12.5 Å². The minimum atomic E-state index is -1.11. The third kappa shape index (κ3) is 3.65. The molecule has 0 bridgehead atoms. The second-order valence-electron chi connectivity index (χ2n) is 4.71. The number of thioether (sulfide) groups is 1. The van der Waals surface area contributed by atoms with Crippen molar-refractivity contribution in [3.63, 3.8) is 0 Å². The molecule has 1 amide bonds. The molecule has 1 atom stereocenters. The third-order valence-electron chi connectivity index (χ3n) is 3.24. The second kappa shape index (κ2) is 7.01. The Morgan fingerprint density at radius 3 is 2.35 bits per heavy atom. The molecule has 0 aliphatic carbocycles. The molecular weight excluding hydrogens is 338 g/mol. The van der Waals surface area contributed by atoms with Crippen molar-refractivity contribution >= 4 is 46.3 Å². The van der Waals surface area contributed by atoms with Gasteiger partial charge in [-0.3, -0.25) is 9.69 Å². The predicted molar refractivity (Wildman–Crippen MR) is 91.7 cm³/mol. The summed E-state index contributed by atoms with van der Waals surface area (Å²) < 4.78 is 10.6. The van der Waals surface area contributed by atoms with Crippen LogP contribution in [0.4, 0.5) is 0 Å². The summed E-state index contributed by atoms with van der Waals surface area (Å²) in [6.45, 7) is 1.42. The van der Waals surface area contributed by atoms with Crippen molar-refractivity contribution in [2.24, 2.45) is 0 Å². The highest BCUT2D eigenvalue weighted by Gasteiger charge is 2.38. The zero-order valence-corrected chi connectivity index (χ0v) is 14.4. The fraction of sp³-hybridized carbons (Fsp3) is 0.267. The van der Waals surface area contributed by atoms with E-state index in [1.165, 1.54) is 21.1 Å². The van der Waals surface area contributed by atoms with Crippen molar-refractivity contribution in [2.45, 2.75) is 13.0 Å². The first-order chi connectivity index (χ1) is 10.9. The first-order valence-corrected chi connectivity index (χ1v) is 7.82. The molecule has 1 unspecified atom stereocenters. The highest BCUT2D eigenvalue weighted by Crippen LogP contribution is 2.35. The van der Waals surface area contributed by atoms with Gasteiger partial charge in [0, 0.05) is 6.07 Å². The lowest BCUT2D eigenvalue weighted by Gasteiger charge is -2.18. The standard InChI is InChI=1S/C15H15NO5S2/c1-8(14(18)19)16-13(17)12(23-15(16)22)6-9-4-10(20-2)7-11(5-9)21-3/h4-8H,1-3H3,(H,18,19). The van der Waals surface area contributed by atoms with Gasteiger partial charge in [-0.2, -0.15) is 0 Å². The van der Waals surface area contributed by atoms with Crippen LogP contribution in [0.15, 0.2) is 23.1 Å². The second-order valence-corrected chi connectivity index (χ2v) is 6.39. The molecule has 8 heteroatoms. The number of hydrogen-bond donors (Lipinski definition) is 1. The van der Waals surface area contributed by atoms with Gasteiger partial charge in [-0.1, -0.05) is 24.0 Å². The van der Waals surface area contributed by atoms with E-state index in [1.807, 2.05) is 0 Å². The molecule has 2 rings (SSSR count). The molecule has 1 N–H and O–H groups in total. The molecule has 1 aromatic rings. The lowest BCUT2D eigenvalue weighted by molar-refractivity contribution is -0.144. The van der Waals surface area contributed by atoms with Crippen LogP contribution in [0.25, 0.3) is 6.08 Å². The van der Waals surface area contributed by atoms with Crippen LogP contribution < -0.4 is 9.47 Å². The topological polar surface area (TPSA) is 76.1 Å². The van der Waals surface area contributed by atoms with Gasteiger partial charge in [-0.15, -0.1) is 0 Å². The fourth-order valence-electron chi connectivity index (χ4n) is 1.99. The van der Waals surface area contributed by atoms with Crippen molar-refractivity contribution in [3.05, 3.63) is 28.7 Å². The Kier molecular flexibility index (Phi) is 5.27. The summed E-state index contributed by atoms with van der Waals surface area (Å²) in [5.74, 6) is -0.350. The average molecular weight is 353 g/mol. The number of carboxylic acids is 1. The summed E-state index contributed by atoms with van der Waals surface area (Å²) in [6.07, 6.45) is 1.64. The van der Waals surface area contributed by atoms with Gasteiger partial charge in [0.25, 0.3) is 5.91 Å². The van der Waals surface area contributed by atoms with Crippen molar-refractivity contribution < 1.29 is 24.2 Å². The van der Waals surface area contributed by atoms with E-state index in [0.717, 1.165) is 16.7 Å². The Balaban J connectivity index is 2.36. The number of methoxy groups -OCH3 is 2. The maximum atomic E-state index is 12.4. The van der Waals surface area contributed by atoms with Gasteiger partial charge >= 0.3 is 5.97 Å². The first kappa shape index (κ1) is 17.3. The zero-order chi connectivity index (χ0) is 17.1. The fourth-order valence-corrected chi connectivity index (χ4v) is 3.41. The average Bonchev–Trinajstić information content (AvgIpc) is 2.80. The van der Waals surface area contributed by atoms with Crippen molar-refractivity contribution in [1.29, 1.82) is 0 Å². The molecule has 1 saturated heterocycles. The Morgan fingerprint density at radius 1 is 1.30 bits per heavy atom. The molecule has 1 heterocycles. The number of amides is 1. The van der Waals surface area contributed by atoms with E-state index < -0.39 is 17.9 Å². The van der Waals surface area contributed by atoms with Crippen LogP contribution in [-0.2, 0) is 9.59 Å². The van der Waals surface area contributed by atoms with Gasteiger partial charge in [0.15, 0.2) is 0 Å². The smallest absolute Gasteiger partial charge is 0.326 e. The molecule has 122 valence electrons. The number of ether oxygens (including phenoxy) is 2. The van der Waals surface area contributed by atoms with Gasteiger partial charge in [0.1, 0.15) is 21.9 Å². The number of nitrogens with zero attached hydrogens (tertiary/aromatic N) is 1. The Bertz CT molecular complexity index is 679. The van der Waals surface area contributed by atoms with Crippen molar-refractivity contribution in [1.82, 2.24) is 4.90 Å². The minimum Gasteiger partial charge on any atom is -0.497 e. The van der Waals surface area contributed by atoms with Gasteiger partial charge < -0.3 is 14.6 Å². The molecule has 0 aromatic heterocycles. The lowest BCUT2D eigenvalue weighted by Crippen LogP contribution is -2.41. The number of aliphatic carboxylic acids is 1. The molecule has 23 heavy (non-hydrogen) atoms. The normalized spacial score (nSPS) is 17.5. The Hall–Kier alpha value is -2.06. The molecular formula is C15H15NO5S2. The molecule has 1 aromatic carbocycles. The van der Waals surface area contributed by atoms with Gasteiger partial charge in [0.05, 0.1) is 19.1 Å². The predicted octanol–water partition coefficient (Wildman–Crippen LogP) is 2.38. The number of hydrogen-bond acceptors (Lipinski definition) is 6.